The third-order valence-electron chi connectivity index (χ3n) is 4.01. The molecule has 0 amide bonds. The normalized spacial score (nSPS) is 16.5. The highest BCUT2D eigenvalue weighted by Crippen LogP contribution is 2.64. The Morgan fingerprint density at radius 3 is 1.03 bits per heavy atom. The highest BCUT2D eigenvalue weighted by atomic mass is 79.9. The number of halogens is 22. The molecule has 0 fully saturated rings. The van der Waals surface area contributed by atoms with Crippen LogP contribution in [0.15, 0.2) is 0 Å². The van der Waals surface area contributed by atoms with Gasteiger partial charge in [0.2, 0.25) is 0 Å². The Balaban J connectivity index is 6.78. The molecule has 0 bridgehead atoms. The lowest BCUT2D eigenvalue weighted by Gasteiger charge is -2.43. The summed E-state index contributed by atoms with van der Waals surface area (Å²) in [5.41, 5.74) is 0. The molecule has 0 radical (unpaired) electrons. The van der Waals surface area contributed by atoms with Crippen molar-refractivity contribution in [1.29, 1.82) is 0 Å². The number of alkyl halides is 22. The van der Waals surface area contributed by atoms with Gasteiger partial charge in [0.1, 0.15) is 0 Å². The third kappa shape index (κ3) is 5.02. The molecule has 1 nitrogen and oxygen atoms in total. The average Bonchev–Trinajstić information content (AvgIpc) is 2.63. The van der Waals surface area contributed by atoms with E-state index in [1.807, 2.05) is 0 Å². The summed E-state index contributed by atoms with van der Waals surface area (Å²) >= 11 is 2.27. The number of rotatable bonds is 12. The summed E-state index contributed by atoms with van der Waals surface area (Å²) in [6.07, 6.45) is -27.2. The van der Waals surface area contributed by atoms with Gasteiger partial charge in [0.25, 0.3) is 0 Å². The SMILES string of the molecule is FC(F)(F)C(F)(F)OC(F)(F)C(F)(F)C(F)(F)C(F)(F)C(F)(F)C(F)(F)C(F)(F)C(F)(F)CCCBr. The van der Waals surface area contributed by atoms with Crippen LogP contribution in [0, 0.1) is 0 Å². The molecule has 0 aliphatic rings. The minimum Gasteiger partial charge on any atom is -0.243 e. The van der Waals surface area contributed by atoms with E-state index < -0.39 is 78.0 Å². The minimum atomic E-state index is -8.98. The maximum absolute atomic E-state index is 13.5. The molecule has 0 saturated carbocycles. The molecule has 0 saturated heterocycles. The summed E-state index contributed by atoms with van der Waals surface area (Å²) in [7, 11) is 0. The van der Waals surface area contributed by atoms with Crippen LogP contribution in [0.4, 0.5) is 92.2 Å². The van der Waals surface area contributed by atoms with Crippen molar-refractivity contribution in [3.05, 3.63) is 0 Å². The smallest absolute Gasteiger partial charge is 0.243 e. The second kappa shape index (κ2) is 9.31. The highest BCUT2D eigenvalue weighted by Gasteiger charge is 2.95. The van der Waals surface area contributed by atoms with Crippen LogP contribution in [0.1, 0.15) is 12.8 Å². The third-order valence-corrected chi connectivity index (χ3v) is 4.57. The molecule has 0 unspecified atom stereocenters. The quantitative estimate of drug-likeness (QED) is 0.152. The van der Waals surface area contributed by atoms with Crippen LogP contribution >= 0.6 is 15.9 Å². The first-order valence-corrected chi connectivity index (χ1v) is 9.12. The van der Waals surface area contributed by atoms with Crippen molar-refractivity contribution in [2.45, 2.75) is 72.7 Å². The van der Waals surface area contributed by atoms with Crippen LogP contribution in [-0.2, 0) is 4.74 Å². The summed E-state index contributed by atoms with van der Waals surface area (Å²) in [6, 6.07) is 0. The van der Waals surface area contributed by atoms with Crippen molar-refractivity contribution in [2.24, 2.45) is 0 Å². The molecule has 218 valence electrons. The molecule has 0 N–H and O–H groups in total. The standard InChI is InChI=1S/C13H6BrF21O/c14-3-1-2-4(15,16)5(17,18)6(19,20)7(21,22)8(23,24)9(25,26)10(27,28)12(32,33)36-13(34,35)11(29,30)31/h1-3H2. The van der Waals surface area contributed by atoms with Crippen molar-refractivity contribution < 1.29 is 96.9 Å². The van der Waals surface area contributed by atoms with E-state index in [2.05, 4.69) is 15.9 Å². The fourth-order valence-corrected chi connectivity index (χ4v) is 2.21. The fraction of sp³-hybridized carbons (Fsp3) is 1.00. The van der Waals surface area contributed by atoms with E-state index in [1.165, 1.54) is 0 Å². The first-order valence-electron chi connectivity index (χ1n) is 8.00. The van der Waals surface area contributed by atoms with Gasteiger partial charge in [-0.25, -0.2) is 4.74 Å². The Bertz CT molecular complexity index is 768. The van der Waals surface area contributed by atoms with Crippen molar-refractivity contribution in [3.8, 4) is 0 Å². The Labute approximate surface area is 192 Å². The van der Waals surface area contributed by atoms with Crippen molar-refractivity contribution in [1.82, 2.24) is 0 Å². The maximum atomic E-state index is 13.5. The molecule has 0 spiro atoms. The number of hydrogen-bond acceptors (Lipinski definition) is 1. The van der Waals surface area contributed by atoms with E-state index in [0.29, 0.717) is 0 Å². The first-order chi connectivity index (χ1) is 15.3. The monoisotopic (exact) mass is 656 g/mol. The lowest BCUT2D eigenvalue weighted by atomic mass is 9.88. The van der Waals surface area contributed by atoms with Gasteiger partial charge in [0.05, 0.1) is 0 Å². The molecule has 0 aliphatic carbocycles. The molecule has 0 heterocycles. The Kier molecular flexibility index (Phi) is 9.05. The van der Waals surface area contributed by atoms with Crippen LogP contribution in [0.2, 0.25) is 0 Å². The van der Waals surface area contributed by atoms with E-state index in [9.17, 15) is 92.2 Å². The van der Waals surface area contributed by atoms with Crippen molar-refractivity contribution in [2.75, 3.05) is 5.33 Å². The zero-order valence-electron chi connectivity index (χ0n) is 15.8. The minimum absolute atomic E-state index is 0.765. The predicted octanol–water partition coefficient (Wildman–Crippen LogP) is 8.37. The van der Waals surface area contributed by atoms with E-state index in [-0.39, 0.29) is 0 Å². The Morgan fingerprint density at radius 1 is 0.417 bits per heavy atom. The molecule has 0 aromatic heterocycles. The predicted molar refractivity (Wildman–Crippen MR) is 74.7 cm³/mol. The van der Waals surface area contributed by atoms with E-state index >= 15 is 0 Å². The Morgan fingerprint density at radius 2 is 0.722 bits per heavy atom. The fourth-order valence-electron chi connectivity index (χ4n) is 1.93. The van der Waals surface area contributed by atoms with Gasteiger partial charge >= 0.3 is 59.9 Å². The van der Waals surface area contributed by atoms with Crippen LogP contribution in [0.25, 0.3) is 0 Å². The maximum Gasteiger partial charge on any atom is 0.483 e. The van der Waals surface area contributed by atoms with E-state index in [1.54, 1.807) is 0 Å². The van der Waals surface area contributed by atoms with Gasteiger partial charge in [-0.2, -0.15) is 92.2 Å². The molecule has 0 atom stereocenters. The zero-order valence-corrected chi connectivity index (χ0v) is 17.4. The lowest BCUT2D eigenvalue weighted by molar-refractivity contribution is -0.519. The number of hydrogen-bond donors (Lipinski definition) is 0. The van der Waals surface area contributed by atoms with Crippen LogP contribution < -0.4 is 0 Å². The van der Waals surface area contributed by atoms with Gasteiger partial charge in [0.15, 0.2) is 0 Å². The van der Waals surface area contributed by atoms with Crippen molar-refractivity contribution in [3.63, 3.8) is 0 Å². The summed E-state index contributed by atoms with van der Waals surface area (Å²) < 4.78 is 275. The highest BCUT2D eigenvalue weighted by molar-refractivity contribution is 9.09. The molecular weight excluding hydrogens is 651 g/mol. The van der Waals surface area contributed by atoms with E-state index in [4.69, 9.17) is 0 Å². The van der Waals surface area contributed by atoms with Gasteiger partial charge in [-0.05, 0) is 6.42 Å². The van der Waals surface area contributed by atoms with Crippen LogP contribution in [0.3, 0.4) is 0 Å². The molecule has 0 aromatic rings. The number of ether oxygens (including phenoxy) is 1. The van der Waals surface area contributed by atoms with Crippen molar-refractivity contribution >= 4 is 15.9 Å². The lowest BCUT2D eigenvalue weighted by Crippen LogP contribution is -2.75. The summed E-state index contributed by atoms with van der Waals surface area (Å²) in [5, 5.41) is -0.765. The first kappa shape index (κ1) is 35.0. The second-order valence-corrected chi connectivity index (χ2v) is 7.37. The second-order valence-electron chi connectivity index (χ2n) is 6.58. The van der Waals surface area contributed by atoms with Gasteiger partial charge in [-0.15, -0.1) is 0 Å². The average molecular weight is 657 g/mol. The molecular formula is C13H6BrF21O. The van der Waals surface area contributed by atoms with Crippen LogP contribution in [0.5, 0.6) is 0 Å². The van der Waals surface area contributed by atoms with E-state index in [0.717, 1.165) is 4.74 Å². The molecule has 36 heavy (non-hydrogen) atoms. The molecule has 0 aliphatic heterocycles. The topological polar surface area (TPSA) is 9.23 Å². The summed E-state index contributed by atoms with van der Waals surface area (Å²) in [5.74, 6) is -58.3. The molecule has 0 aromatic carbocycles. The zero-order chi connectivity index (χ0) is 29.8. The Hall–Kier alpha value is -1.03. The van der Waals surface area contributed by atoms with Crippen LogP contribution in [-0.4, -0.2) is 65.2 Å². The molecule has 23 heteroatoms. The van der Waals surface area contributed by atoms with Gasteiger partial charge in [0, 0.05) is 11.8 Å². The van der Waals surface area contributed by atoms with Gasteiger partial charge in [-0.1, -0.05) is 15.9 Å². The van der Waals surface area contributed by atoms with Gasteiger partial charge in [-0.3, -0.25) is 0 Å². The van der Waals surface area contributed by atoms with Gasteiger partial charge < -0.3 is 0 Å². The largest absolute Gasteiger partial charge is 0.483 e. The summed E-state index contributed by atoms with van der Waals surface area (Å²) in [4.78, 5) is 0. The molecule has 0 rings (SSSR count). The summed E-state index contributed by atoms with van der Waals surface area (Å²) in [6.45, 7) is 0.